The fourth-order valence-electron chi connectivity index (χ4n) is 0.931. The van der Waals surface area contributed by atoms with Crippen LogP contribution in [-0.4, -0.2) is 5.16 Å². The molecule has 0 unspecified atom stereocenters. The first-order valence-corrected chi connectivity index (χ1v) is 3.45. The van der Waals surface area contributed by atoms with E-state index in [2.05, 4.69) is 5.16 Å². The summed E-state index contributed by atoms with van der Waals surface area (Å²) in [6.07, 6.45) is 0. The first kappa shape index (κ1) is 6.49. The Bertz CT molecular complexity index is 396. The number of nitrogen functional groups attached to an aromatic ring is 1. The summed E-state index contributed by atoms with van der Waals surface area (Å²) in [4.78, 5) is 0. The van der Waals surface area contributed by atoms with E-state index in [4.69, 9.17) is 21.9 Å². The highest BCUT2D eigenvalue weighted by Gasteiger charge is 2.03. The average molecular weight is 169 g/mol. The molecule has 0 amide bonds. The average Bonchev–Trinajstić information content (AvgIpc) is 2.32. The van der Waals surface area contributed by atoms with Gasteiger partial charge < -0.3 is 10.3 Å². The van der Waals surface area contributed by atoms with Crippen molar-refractivity contribution < 1.29 is 4.52 Å². The van der Waals surface area contributed by atoms with Crippen LogP contribution in [0.5, 0.6) is 0 Å². The minimum Gasteiger partial charge on any atom is -0.380 e. The van der Waals surface area contributed by atoms with Crippen LogP contribution in [0.25, 0.3) is 11.0 Å². The first-order valence-electron chi connectivity index (χ1n) is 3.08. The molecule has 2 N–H and O–H groups in total. The van der Waals surface area contributed by atoms with Crippen LogP contribution in [0.2, 0.25) is 5.02 Å². The number of nitrogens with two attached hydrogens (primary N) is 1. The summed E-state index contributed by atoms with van der Waals surface area (Å²) < 4.78 is 4.87. The molecular formula is C7H5ClN2O. The molecule has 0 aliphatic rings. The summed E-state index contributed by atoms with van der Waals surface area (Å²) in [5, 5.41) is 5.00. The van der Waals surface area contributed by atoms with Crippen LogP contribution in [0.4, 0.5) is 5.82 Å². The lowest BCUT2D eigenvalue weighted by atomic mass is 10.2. The molecule has 3 nitrogen and oxygen atoms in total. The van der Waals surface area contributed by atoms with Gasteiger partial charge in [0.05, 0.1) is 5.39 Å². The molecule has 0 fully saturated rings. The fraction of sp³-hybridized carbons (Fsp3) is 0. The van der Waals surface area contributed by atoms with Crippen molar-refractivity contribution in [2.24, 2.45) is 0 Å². The molecule has 0 atom stereocenters. The molecule has 1 heterocycles. The highest BCUT2D eigenvalue weighted by Crippen LogP contribution is 2.23. The zero-order valence-electron chi connectivity index (χ0n) is 5.54. The van der Waals surface area contributed by atoms with E-state index in [-0.39, 0.29) is 0 Å². The second-order valence-electron chi connectivity index (χ2n) is 2.21. The summed E-state index contributed by atoms with van der Waals surface area (Å²) in [6, 6.07) is 5.21. The molecule has 2 rings (SSSR count). The van der Waals surface area contributed by atoms with Crippen LogP contribution >= 0.6 is 11.6 Å². The third-order valence-electron chi connectivity index (χ3n) is 1.46. The molecule has 1 aromatic carbocycles. The Morgan fingerprint density at radius 2 is 2.27 bits per heavy atom. The molecular weight excluding hydrogens is 164 g/mol. The van der Waals surface area contributed by atoms with Crippen LogP contribution < -0.4 is 5.73 Å². The van der Waals surface area contributed by atoms with Gasteiger partial charge in [0.1, 0.15) is 0 Å². The van der Waals surface area contributed by atoms with Crippen LogP contribution in [0.3, 0.4) is 0 Å². The van der Waals surface area contributed by atoms with Gasteiger partial charge in [-0.25, -0.2) is 0 Å². The summed E-state index contributed by atoms with van der Waals surface area (Å²) >= 11 is 5.70. The Morgan fingerprint density at radius 1 is 1.45 bits per heavy atom. The van der Waals surface area contributed by atoms with Gasteiger partial charge in [-0.15, -0.1) is 0 Å². The van der Waals surface area contributed by atoms with E-state index < -0.39 is 0 Å². The molecule has 11 heavy (non-hydrogen) atoms. The van der Waals surface area contributed by atoms with Crippen molar-refractivity contribution in [3.8, 4) is 0 Å². The van der Waals surface area contributed by atoms with Crippen molar-refractivity contribution in [2.45, 2.75) is 0 Å². The normalized spacial score (nSPS) is 10.6. The molecule has 2 aromatic rings. The Balaban J connectivity index is 2.86. The Hall–Kier alpha value is -1.22. The largest absolute Gasteiger partial charge is 0.380 e. The highest BCUT2D eigenvalue weighted by molar-refractivity contribution is 6.31. The van der Waals surface area contributed by atoms with Crippen molar-refractivity contribution >= 4 is 28.4 Å². The summed E-state index contributed by atoms with van der Waals surface area (Å²) in [5.74, 6) is 0.400. The summed E-state index contributed by atoms with van der Waals surface area (Å²) in [7, 11) is 0. The predicted molar refractivity (Wildman–Crippen MR) is 43.4 cm³/mol. The van der Waals surface area contributed by atoms with Gasteiger partial charge in [-0.05, 0) is 12.1 Å². The fourth-order valence-corrected chi connectivity index (χ4v) is 1.09. The lowest BCUT2D eigenvalue weighted by molar-refractivity contribution is 0.460. The molecule has 0 saturated carbocycles. The molecule has 4 heteroatoms. The predicted octanol–water partition coefficient (Wildman–Crippen LogP) is 2.06. The van der Waals surface area contributed by atoms with E-state index in [1.807, 2.05) is 0 Å². The van der Waals surface area contributed by atoms with Crippen LogP contribution in [0.1, 0.15) is 0 Å². The molecule has 0 saturated heterocycles. The van der Waals surface area contributed by atoms with E-state index in [1.54, 1.807) is 18.2 Å². The van der Waals surface area contributed by atoms with Crippen molar-refractivity contribution in [3.05, 3.63) is 23.2 Å². The molecule has 1 aromatic heterocycles. The molecule has 0 spiro atoms. The number of benzene rings is 1. The molecule has 56 valence electrons. The van der Waals surface area contributed by atoms with E-state index >= 15 is 0 Å². The maximum atomic E-state index is 5.70. The zero-order valence-corrected chi connectivity index (χ0v) is 6.30. The second-order valence-corrected chi connectivity index (χ2v) is 2.64. The number of halogens is 1. The number of hydrogen-bond acceptors (Lipinski definition) is 3. The number of rotatable bonds is 0. The van der Waals surface area contributed by atoms with Gasteiger partial charge in [-0.2, -0.15) is 0 Å². The smallest absolute Gasteiger partial charge is 0.174 e. The lowest BCUT2D eigenvalue weighted by Gasteiger charge is -1.87. The van der Waals surface area contributed by atoms with Gasteiger partial charge in [0.2, 0.25) is 0 Å². The molecule has 0 radical (unpaired) electrons. The van der Waals surface area contributed by atoms with Crippen LogP contribution in [0.15, 0.2) is 22.7 Å². The molecule has 0 aliphatic heterocycles. The Kier molecular flexibility index (Phi) is 1.26. The number of anilines is 1. The second kappa shape index (κ2) is 2.13. The topological polar surface area (TPSA) is 52.0 Å². The van der Waals surface area contributed by atoms with Crippen molar-refractivity contribution in [2.75, 3.05) is 5.73 Å². The maximum absolute atomic E-state index is 5.70. The van der Waals surface area contributed by atoms with Crippen LogP contribution in [-0.2, 0) is 0 Å². The third-order valence-corrected chi connectivity index (χ3v) is 1.70. The standard InChI is InChI=1S/C7H5ClN2O/c8-4-1-2-5-6(3-4)11-10-7(5)9/h1-3H,(H2,9,10). The minimum atomic E-state index is 0.400. The quantitative estimate of drug-likeness (QED) is 0.655. The summed E-state index contributed by atoms with van der Waals surface area (Å²) in [6.45, 7) is 0. The molecule has 0 aliphatic carbocycles. The Morgan fingerprint density at radius 3 is 3.09 bits per heavy atom. The summed E-state index contributed by atoms with van der Waals surface area (Å²) in [5.41, 5.74) is 6.10. The van der Waals surface area contributed by atoms with E-state index in [9.17, 15) is 0 Å². The van der Waals surface area contributed by atoms with Crippen molar-refractivity contribution in [1.29, 1.82) is 0 Å². The SMILES string of the molecule is Nc1noc2cc(Cl)ccc12. The first-order chi connectivity index (χ1) is 5.27. The monoisotopic (exact) mass is 168 g/mol. The van der Waals surface area contributed by atoms with Crippen LogP contribution in [0, 0.1) is 0 Å². The van der Waals surface area contributed by atoms with E-state index in [0.29, 0.717) is 16.4 Å². The third kappa shape index (κ3) is 0.935. The maximum Gasteiger partial charge on any atom is 0.174 e. The van der Waals surface area contributed by atoms with E-state index in [0.717, 1.165) is 5.39 Å². The van der Waals surface area contributed by atoms with Gasteiger partial charge >= 0.3 is 0 Å². The number of fused-ring (bicyclic) bond motifs is 1. The highest BCUT2D eigenvalue weighted by atomic mass is 35.5. The number of hydrogen-bond donors (Lipinski definition) is 1. The number of nitrogens with zero attached hydrogens (tertiary/aromatic N) is 1. The lowest BCUT2D eigenvalue weighted by Crippen LogP contribution is -1.82. The Labute approximate surface area is 67.7 Å². The van der Waals surface area contributed by atoms with Gasteiger partial charge in [0, 0.05) is 11.1 Å². The van der Waals surface area contributed by atoms with Gasteiger partial charge in [-0.3, -0.25) is 0 Å². The van der Waals surface area contributed by atoms with E-state index in [1.165, 1.54) is 0 Å². The van der Waals surface area contributed by atoms with Gasteiger partial charge in [-0.1, -0.05) is 16.8 Å². The number of aromatic nitrogens is 1. The molecule has 0 bridgehead atoms. The van der Waals surface area contributed by atoms with Gasteiger partial charge in [0.25, 0.3) is 0 Å². The minimum absolute atomic E-state index is 0.400. The zero-order chi connectivity index (χ0) is 7.84. The van der Waals surface area contributed by atoms with Crippen molar-refractivity contribution in [3.63, 3.8) is 0 Å². The van der Waals surface area contributed by atoms with Crippen molar-refractivity contribution in [1.82, 2.24) is 5.16 Å². The van der Waals surface area contributed by atoms with Gasteiger partial charge in [0.15, 0.2) is 11.4 Å².